The average molecular weight is 447 g/mol. The molecule has 0 radical (unpaired) electrons. The third-order valence-corrected chi connectivity index (χ3v) is 5.89. The Morgan fingerprint density at radius 2 is 2.00 bits per heavy atom. The highest BCUT2D eigenvalue weighted by molar-refractivity contribution is 5.69. The van der Waals surface area contributed by atoms with Gasteiger partial charge < -0.3 is 25.5 Å². The first-order chi connectivity index (χ1) is 16.0. The standard InChI is InChI=1S/C26H30N4O3/c1-17-12-21(6-7-25(17)31)24-14-23(29-26(32)30-24)20-4-3-5-22(13-20)33-16-18(2)28-15-19-8-10-27-11-9-19/h3-7,12-14,19,27-28,31H,2,8-11,15-16H2,1H3,(H,29,30,32). The van der Waals surface area contributed by atoms with Crippen molar-refractivity contribution in [3.8, 4) is 34.0 Å². The molecule has 7 heteroatoms. The number of rotatable bonds is 8. The topological polar surface area (TPSA) is 99.3 Å². The van der Waals surface area contributed by atoms with Crippen LogP contribution in [0.1, 0.15) is 18.4 Å². The Balaban J connectivity index is 1.44. The molecule has 1 aliphatic heterocycles. The van der Waals surface area contributed by atoms with Gasteiger partial charge in [-0.3, -0.25) is 0 Å². The van der Waals surface area contributed by atoms with Crippen LogP contribution in [0.2, 0.25) is 0 Å². The van der Waals surface area contributed by atoms with Crippen LogP contribution in [-0.4, -0.2) is 41.3 Å². The van der Waals surface area contributed by atoms with E-state index in [-0.39, 0.29) is 5.75 Å². The van der Waals surface area contributed by atoms with E-state index in [1.54, 1.807) is 12.1 Å². The number of hydrogen-bond acceptors (Lipinski definition) is 6. The Kier molecular flexibility index (Phi) is 7.10. The lowest BCUT2D eigenvalue weighted by atomic mass is 9.98. The zero-order valence-electron chi connectivity index (χ0n) is 18.9. The van der Waals surface area contributed by atoms with Crippen molar-refractivity contribution in [1.82, 2.24) is 20.6 Å². The van der Waals surface area contributed by atoms with Gasteiger partial charge in [-0.1, -0.05) is 18.7 Å². The number of aromatic nitrogens is 2. The summed E-state index contributed by atoms with van der Waals surface area (Å²) in [6.07, 6.45) is 2.36. The molecule has 1 aromatic heterocycles. The first kappa shape index (κ1) is 22.6. The summed E-state index contributed by atoms with van der Waals surface area (Å²) in [4.78, 5) is 19.1. The van der Waals surface area contributed by atoms with Crippen molar-refractivity contribution >= 4 is 0 Å². The van der Waals surface area contributed by atoms with E-state index < -0.39 is 5.69 Å². The number of nitrogens with zero attached hydrogens (tertiary/aromatic N) is 1. The van der Waals surface area contributed by atoms with E-state index in [1.165, 1.54) is 12.8 Å². The van der Waals surface area contributed by atoms with Gasteiger partial charge in [-0.2, -0.15) is 4.98 Å². The van der Waals surface area contributed by atoms with Crippen molar-refractivity contribution in [2.45, 2.75) is 19.8 Å². The first-order valence-corrected chi connectivity index (χ1v) is 11.2. The molecular weight excluding hydrogens is 416 g/mol. The van der Waals surface area contributed by atoms with Gasteiger partial charge in [0.1, 0.15) is 18.1 Å². The Morgan fingerprint density at radius 1 is 1.18 bits per heavy atom. The van der Waals surface area contributed by atoms with Gasteiger partial charge >= 0.3 is 5.69 Å². The molecule has 0 aliphatic carbocycles. The summed E-state index contributed by atoms with van der Waals surface area (Å²) in [6, 6.07) is 14.6. The summed E-state index contributed by atoms with van der Waals surface area (Å²) in [7, 11) is 0. The Hall–Kier alpha value is -3.58. The molecule has 0 spiro atoms. The van der Waals surface area contributed by atoms with Crippen molar-refractivity contribution in [2.24, 2.45) is 5.92 Å². The molecule has 1 aliphatic rings. The van der Waals surface area contributed by atoms with Crippen LogP contribution in [0.5, 0.6) is 11.5 Å². The molecule has 2 aromatic carbocycles. The summed E-state index contributed by atoms with van der Waals surface area (Å²) in [5.74, 6) is 1.57. The van der Waals surface area contributed by atoms with Gasteiger partial charge in [0.05, 0.1) is 11.4 Å². The quantitative estimate of drug-likeness (QED) is 0.422. The second kappa shape index (κ2) is 10.4. The number of piperidine rings is 1. The van der Waals surface area contributed by atoms with Crippen molar-refractivity contribution < 1.29 is 9.84 Å². The van der Waals surface area contributed by atoms with Gasteiger partial charge in [0.2, 0.25) is 0 Å². The molecule has 7 nitrogen and oxygen atoms in total. The highest BCUT2D eigenvalue weighted by Crippen LogP contribution is 2.27. The van der Waals surface area contributed by atoms with E-state index in [1.807, 2.05) is 43.3 Å². The third-order valence-electron chi connectivity index (χ3n) is 5.89. The lowest BCUT2D eigenvalue weighted by Gasteiger charge is -2.23. The number of benzene rings is 2. The maximum absolute atomic E-state index is 12.2. The number of aromatic hydroxyl groups is 1. The predicted octanol–water partition coefficient (Wildman–Crippen LogP) is 3.60. The van der Waals surface area contributed by atoms with E-state index in [0.29, 0.717) is 29.7 Å². The van der Waals surface area contributed by atoms with Gasteiger partial charge in [-0.05, 0) is 80.7 Å². The van der Waals surface area contributed by atoms with E-state index in [2.05, 4.69) is 27.2 Å². The fourth-order valence-corrected chi connectivity index (χ4v) is 3.93. The molecular formula is C26H30N4O3. The molecule has 0 unspecified atom stereocenters. The number of hydrogen-bond donors (Lipinski definition) is 4. The van der Waals surface area contributed by atoms with E-state index in [9.17, 15) is 9.90 Å². The summed E-state index contributed by atoms with van der Waals surface area (Å²) in [5.41, 5.74) is 3.90. The van der Waals surface area contributed by atoms with E-state index >= 15 is 0 Å². The molecule has 1 fully saturated rings. The fourth-order valence-electron chi connectivity index (χ4n) is 3.93. The van der Waals surface area contributed by atoms with E-state index in [0.717, 1.165) is 42.0 Å². The number of nitrogens with one attached hydrogen (secondary N) is 3. The maximum Gasteiger partial charge on any atom is 0.345 e. The van der Waals surface area contributed by atoms with Gasteiger partial charge in [0, 0.05) is 23.4 Å². The normalized spacial score (nSPS) is 14.1. The van der Waals surface area contributed by atoms with Crippen LogP contribution in [0.3, 0.4) is 0 Å². The summed E-state index contributed by atoms with van der Waals surface area (Å²) >= 11 is 0. The van der Waals surface area contributed by atoms with Crippen LogP contribution in [0.15, 0.2) is 65.6 Å². The maximum atomic E-state index is 12.2. The van der Waals surface area contributed by atoms with Gasteiger partial charge in [-0.15, -0.1) is 0 Å². The summed E-state index contributed by atoms with van der Waals surface area (Å²) in [6.45, 7) is 9.33. The molecule has 172 valence electrons. The Bertz CT molecular complexity index is 1180. The lowest BCUT2D eigenvalue weighted by Crippen LogP contribution is -2.34. The fraction of sp³-hybridized carbons (Fsp3) is 0.308. The van der Waals surface area contributed by atoms with Gasteiger partial charge in [0.15, 0.2) is 0 Å². The molecule has 0 atom stereocenters. The van der Waals surface area contributed by atoms with Crippen molar-refractivity contribution in [3.05, 3.63) is 76.9 Å². The molecule has 4 rings (SSSR count). The minimum absolute atomic E-state index is 0.209. The first-order valence-electron chi connectivity index (χ1n) is 11.2. The highest BCUT2D eigenvalue weighted by Gasteiger charge is 2.13. The number of phenols is 1. The minimum Gasteiger partial charge on any atom is -0.508 e. The number of aryl methyl sites for hydroxylation is 1. The zero-order valence-corrected chi connectivity index (χ0v) is 18.9. The zero-order chi connectivity index (χ0) is 23.2. The van der Waals surface area contributed by atoms with E-state index in [4.69, 9.17) is 4.74 Å². The number of phenolic OH excluding ortho intramolecular Hbond substituents is 1. The second-order valence-corrected chi connectivity index (χ2v) is 8.48. The molecule has 2 heterocycles. The number of ether oxygens (including phenoxy) is 1. The Labute approximate surface area is 193 Å². The molecule has 33 heavy (non-hydrogen) atoms. The monoisotopic (exact) mass is 446 g/mol. The van der Waals surface area contributed by atoms with Gasteiger partial charge in [0.25, 0.3) is 0 Å². The van der Waals surface area contributed by atoms with Crippen LogP contribution in [0, 0.1) is 12.8 Å². The number of aromatic amines is 1. The van der Waals surface area contributed by atoms with Crippen molar-refractivity contribution in [3.63, 3.8) is 0 Å². The van der Waals surface area contributed by atoms with Crippen molar-refractivity contribution in [1.29, 1.82) is 0 Å². The lowest BCUT2D eigenvalue weighted by molar-refractivity contribution is 0.327. The molecule has 0 saturated carbocycles. The summed E-state index contributed by atoms with van der Waals surface area (Å²) in [5, 5.41) is 16.5. The number of H-pyrrole nitrogens is 1. The highest BCUT2D eigenvalue weighted by atomic mass is 16.5. The smallest absolute Gasteiger partial charge is 0.345 e. The third kappa shape index (κ3) is 6.02. The van der Waals surface area contributed by atoms with Crippen LogP contribution in [-0.2, 0) is 0 Å². The average Bonchev–Trinajstić information content (AvgIpc) is 2.83. The van der Waals surface area contributed by atoms with Gasteiger partial charge in [-0.25, -0.2) is 4.79 Å². The molecule has 0 bridgehead atoms. The molecule has 0 amide bonds. The molecule has 3 aromatic rings. The van der Waals surface area contributed by atoms with Crippen LogP contribution in [0.4, 0.5) is 0 Å². The van der Waals surface area contributed by atoms with Crippen LogP contribution < -0.4 is 21.1 Å². The summed E-state index contributed by atoms with van der Waals surface area (Å²) < 4.78 is 5.93. The predicted molar refractivity (Wildman–Crippen MR) is 130 cm³/mol. The second-order valence-electron chi connectivity index (χ2n) is 8.48. The largest absolute Gasteiger partial charge is 0.508 e. The minimum atomic E-state index is -0.435. The molecule has 4 N–H and O–H groups in total. The SMILES string of the molecule is C=C(COc1cccc(-c2cc(-c3ccc(O)c(C)c3)nc(=O)[nH]2)c1)NCC1CCNCC1. The van der Waals surface area contributed by atoms with Crippen LogP contribution in [0.25, 0.3) is 22.5 Å². The molecule has 1 saturated heterocycles. The van der Waals surface area contributed by atoms with Crippen molar-refractivity contribution in [2.75, 3.05) is 26.2 Å². The van der Waals surface area contributed by atoms with Crippen LogP contribution >= 0.6 is 0 Å². The Morgan fingerprint density at radius 3 is 2.79 bits per heavy atom.